The van der Waals surface area contributed by atoms with Crippen molar-refractivity contribution in [1.29, 1.82) is 0 Å². The molecule has 1 rings (SSSR count). The maximum absolute atomic E-state index is 12.6. The molecule has 1 aliphatic heterocycles. The van der Waals surface area contributed by atoms with Crippen LogP contribution in [-0.4, -0.2) is 47.8 Å². The minimum Gasteiger partial charge on any atom is -0.341 e. The Bertz CT molecular complexity index is 400. The summed E-state index contributed by atoms with van der Waals surface area (Å²) in [4.78, 5) is 28.6. The molecule has 0 radical (unpaired) electrons. The van der Waals surface area contributed by atoms with Crippen LogP contribution < -0.4 is 0 Å². The molecule has 1 unspecified atom stereocenters. The molecule has 0 aliphatic carbocycles. The summed E-state index contributed by atoms with van der Waals surface area (Å²) in [7, 11) is 0. The van der Waals surface area contributed by atoms with Crippen LogP contribution in [0.15, 0.2) is 25.3 Å². The van der Waals surface area contributed by atoms with Crippen LogP contribution in [0.2, 0.25) is 0 Å². The highest BCUT2D eigenvalue weighted by Crippen LogP contribution is 2.24. The molecular formula is C17H28N2O2. The molecule has 1 atom stereocenters. The van der Waals surface area contributed by atoms with Crippen molar-refractivity contribution in [3.63, 3.8) is 0 Å². The van der Waals surface area contributed by atoms with Crippen LogP contribution in [0.1, 0.15) is 33.6 Å². The van der Waals surface area contributed by atoms with E-state index in [0.717, 1.165) is 19.4 Å². The molecule has 4 heteroatoms. The smallest absolute Gasteiger partial charge is 0.228 e. The fraction of sp³-hybridized carbons (Fsp3) is 0.647. The first-order valence-corrected chi connectivity index (χ1v) is 7.61. The lowest BCUT2D eigenvalue weighted by Gasteiger charge is -2.37. The second-order valence-electron chi connectivity index (χ2n) is 6.66. The summed E-state index contributed by atoms with van der Waals surface area (Å²) < 4.78 is 0. The first-order chi connectivity index (χ1) is 9.81. The van der Waals surface area contributed by atoms with Gasteiger partial charge in [0.1, 0.15) is 0 Å². The van der Waals surface area contributed by atoms with Gasteiger partial charge in [-0.15, -0.1) is 13.2 Å². The Morgan fingerprint density at radius 1 is 1.24 bits per heavy atom. The first kappa shape index (κ1) is 17.5. The van der Waals surface area contributed by atoms with Gasteiger partial charge >= 0.3 is 0 Å². The average molecular weight is 292 g/mol. The van der Waals surface area contributed by atoms with Crippen molar-refractivity contribution in [1.82, 2.24) is 9.80 Å². The zero-order valence-electron chi connectivity index (χ0n) is 13.6. The highest BCUT2D eigenvalue weighted by molar-refractivity contribution is 5.84. The molecule has 0 aromatic heterocycles. The van der Waals surface area contributed by atoms with Crippen LogP contribution in [0.25, 0.3) is 0 Å². The average Bonchev–Trinajstić information content (AvgIpc) is 2.44. The predicted molar refractivity (Wildman–Crippen MR) is 85.7 cm³/mol. The Balaban J connectivity index is 2.74. The van der Waals surface area contributed by atoms with Crippen molar-refractivity contribution in [2.75, 3.05) is 26.2 Å². The third kappa shape index (κ3) is 4.73. The number of likely N-dealkylation sites (tertiary alicyclic amines) is 1. The van der Waals surface area contributed by atoms with E-state index in [9.17, 15) is 9.59 Å². The van der Waals surface area contributed by atoms with Gasteiger partial charge in [-0.25, -0.2) is 0 Å². The lowest BCUT2D eigenvalue weighted by Crippen LogP contribution is -2.49. The van der Waals surface area contributed by atoms with E-state index in [4.69, 9.17) is 0 Å². The Labute approximate surface area is 128 Å². The highest BCUT2D eigenvalue weighted by Gasteiger charge is 2.34. The normalized spacial score (nSPS) is 19.0. The van der Waals surface area contributed by atoms with Crippen LogP contribution in [0.3, 0.4) is 0 Å². The summed E-state index contributed by atoms with van der Waals surface area (Å²) in [6.45, 7) is 15.5. The zero-order chi connectivity index (χ0) is 16.0. The van der Waals surface area contributed by atoms with Crippen molar-refractivity contribution in [2.24, 2.45) is 11.3 Å². The van der Waals surface area contributed by atoms with Gasteiger partial charge in [0.05, 0.1) is 5.92 Å². The van der Waals surface area contributed by atoms with Crippen molar-refractivity contribution < 1.29 is 9.59 Å². The Morgan fingerprint density at radius 3 is 2.29 bits per heavy atom. The van der Waals surface area contributed by atoms with Gasteiger partial charge in [-0.05, 0) is 12.8 Å². The number of hydrogen-bond acceptors (Lipinski definition) is 2. The van der Waals surface area contributed by atoms with E-state index in [1.54, 1.807) is 17.1 Å². The van der Waals surface area contributed by atoms with Crippen LogP contribution in [-0.2, 0) is 9.59 Å². The van der Waals surface area contributed by atoms with Gasteiger partial charge in [-0.1, -0.05) is 32.9 Å². The Kier molecular flexibility index (Phi) is 6.19. The second-order valence-corrected chi connectivity index (χ2v) is 6.66. The minimum absolute atomic E-state index is 0.0983. The van der Waals surface area contributed by atoms with E-state index < -0.39 is 5.41 Å². The molecule has 0 bridgehead atoms. The molecule has 1 aliphatic rings. The fourth-order valence-electron chi connectivity index (χ4n) is 2.66. The van der Waals surface area contributed by atoms with Crippen LogP contribution in [0.4, 0.5) is 0 Å². The van der Waals surface area contributed by atoms with Crippen molar-refractivity contribution in [2.45, 2.75) is 33.6 Å². The number of amides is 2. The maximum atomic E-state index is 12.6. The summed E-state index contributed by atoms with van der Waals surface area (Å²) in [6.07, 6.45) is 5.18. The Hall–Kier alpha value is -1.58. The van der Waals surface area contributed by atoms with Gasteiger partial charge in [0.25, 0.3) is 0 Å². The van der Waals surface area contributed by atoms with E-state index in [2.05, 4.69) is 13.2 Å². The molecule has 1 fully saturated rings. The van der Waals surface area contributed by atoms with E-state index in [0.29, 0.717) is 19.6 Å². The number of hydrogen-bond donors (Lipinski definition) is 0. The van der Waals surface area contributed by atoms with Crippen LogP contribution in [0, 0.1) is 11.3 Å². The minimum atomic E-state index is -0.396. The van der Waals surface area contributed by atoms with Gasteiger partial charge in [0.15, 0.2) is 0 Å². The second kappa shape index (κ2) is 7.43. The van der Waals surface area contributed by atoms with E-state index in [1.807, 2.05) is 25.7 Å². The molecule has 0 N–H and O–H groups in total. The lowest BCUT2D eigenvalue weighted by molar-refractivity contribution is -0.145. The van der Waals surface area contributed by atoms with Gasteiger partial charge in [0.2, 0.25) is 11.8 Å². The molecule has 4 nitrogen and oxygen atoms in total. The van der Waals surface area contributed by atoms with E-state index in [-0.39, 0.29) is 17.7 Å². The summed E-state index contributed by atoms with van der Waals surface area (Å²) in [5.41, 5.74) is -0.396. The largest absolute Gasteiger partial charge is 0.341 e. The van der Waals surface area contributed by atoms with Gasteiger partial charge < -0.3 is 9.80 Å². The first-order valence-electron chi connectivity index (χ1n) is 7.61. The van der Waals surface area contributed by atoms with Gasteiger partial charge in [-0.3, -0.25) is 9.59 Å². The number of carbonyl (C=O) groups is 2. The molecule has 118 valence electrons. The third-order valence-electron chi connectivity index (χ3n) is 3.71. The summed E-state index contributed by atoms with van der Waals surface area (Å²) >= 11 is 0. The van der Waals surface area contributed by atoms with Gasteiger partial charge in [0, 0.05) is 31.6 Å². The van der Waals surface area contributed by atoms with Crippen LogP contribution >= 0.6 is 0 Å². The monoisotopic (exact) mass is 292 g/mol. The van der Waals surface area contributed by atoms with Crippen molar-refractivity contribution >= 4 is 11.8 Å². The molecular weight excluding hydrogens is 264 g/mol. The summed E-state index contributed by atoms with van der Waals surface area (Å²) in [5.74, 6) is 0.116. The molecule has 0 spiro atoms. The molecule has 21 heavy (non-hydrogen) atoms. The lowest BCUT2D eigenvalue weighted by atomic mass is 9.90. The standard InChI is InChI=1S/C17H28N2O2/c1-6-10-18(11-7-2)15(20)14-9-8-12-19(13-14)16(21)17(3,4)5/h6-7,14H,1-2,8-13H2,3-5H3. The maximum Gasteiger partial charge on any atom is 0.228 e. The Morgan fingerprint density at radius 2 is 1.81 bits per heavy atom. The predicted octanol–water partition coefficient (Wildman–Crippen LogP) is 2.47. The molecule has 1 saturated heterocycles. The fourth-order valence-corrected chi connectivity index (χ4v) is 2.66. The van der Waals surface area contributed by atoms with Crippen molar-refractivity contribution in [3.05, 3.63) is 25.3 Å². The molecule has 0 aromatic rings. The quantitative estimate of drug-likeness (QED) is 0.730. The number of carbonyl (C=O) groups excluding carboxylic acids is 2. The summed E-state index contributed by atoms with van der Waals surface area (Å²) in [5, 5.41) is 0. The molecule has 2 amide bonds. The number of nitrogens with zero attached hydrogens (tertiary/aromatic N) is 2. The molecule has 1 heterocycles. The highest BCUT2D eigenvalue weighted by atomic mass is 16.2. The molecule has 0 saturated carbocycles. The number of piperidine rings is 1. The topological polar surface area (TPSA) is 40.6 Å². The SMILES string of the molecule is C=CCN(CC=C)C(=O)C1CCCN(C(=O)C(C)(C)C)C1. The van der Waals surface area contributed by atoms with Crippen molar-refractivity contribution in [3.8, 4) is 0 Å². The third-order valence-corrected chi connectivity index (χ3v) is 3.71. The van der Waals surface area contributed by atoms with Gasteiger partial charge in [-0.2, -0.15) is 0 Å². The van der Waals surface area contributed by atoms with Crippen LogP contribution in [0.5, 0.6) is 0 Å². The molecule has 0 aromatic carbocycles. The number of rotatable bonds is 5. The van der Waals surface area contributed by atoms with E-state index in [1.165, 1.54) is 0 Å². The zero-order valence-corrected chi connectivity index (χ0v) is 13.6. The summed E-state index contributed by atoms with van der Waals surface area (Å²) in [6, 6.07) is 0. The van der Waals surface area contributed by atoms with E-state index >= 15 is 0 Å².